The normalized spacial score (nSPS) is 33.7. The van der Waals surface area contributed by atoms with Gasteiger partial charge in [0.1, 0.15) is 0 Å². The van der Waals surface area contributed by atoms with Gasteiger partial charge in [-0.2, -0.15) is 0 Å². The Morgan fingerprint density at radius 2 is 2.07 bits per heavy atom. The first kappa shape index (κ1) is 12.0. The summed E-state index contributed by atoms with van der Waals surface area (Å²) in [4.78, 5) is 22.2. The topological polar surface area (TPSA) is 58.2 Å². The summed E-state index contributed by atoms with van der Waals surface area (Å²) in [6, 6.07) is 0.284. The molecule has 15 heavy (non-hydrogen) atoms. The number of amides is 2. The van der Waals surface area contributed by atoms with Crippen LogP contribution in [0.4, 0.5) is 0 Å². The predicted octanol–water partition coefficient (Wildman–Crippen LogP) is 0.817. The van der Waals surface area contributed by atoms with Gasteiger partial charge in [0.05, 0.1) is 5.41 Å². The Hall–Kier alpha value is -1.06. The fourth-order valence-electron chi connectivity index (χ4n) is 2.42. The monoisotopic (exact) mass is 212 g/mol. The summed E-state index contributed by atoms with van der Waals surface area (Å²) in [5, 5.41) is 5.71. The maximum absolute atomic E-state index is 11.3. The van der Waals surface area contributed by atoms with E-state index < -0.39 is 0 Å². The van der Waals surface area contributed by atoms with Gasteiger partial charge in [-0.15, -0.1) is 0 Å². The van der Waals surface area contributed by atoms with Crippen LogP contribution in [0.15, 0.2) is 0 Å². The van der Waals surface area contributed by atoms with E-state index in [1.807, 2.05) is 0 Å². The van der Waals surface area contributed by atoms with E-state index in [1.165, 1.54) is 0 Å². The van der Waals surface area contributed by atoms with Crippen LogP contribution in [0.2, 0.25) is 0 Å². The third-order valence-corrected chi connectivity index (χ3v) is 3.42. The van der Waals surface area contributed by atoms with E-state index in [0.29, 0.717) is 0 Å². The van der Waals surface area contributed by atoms with Crippen LogP contribution >= 0.6 is 0 Å². The van der Waals surface area contributed by atoms with Crippen molar-refractivity contribution in [1.82, 2.24) is 10.6 Å². The van der Waals surface area contributed by atoms with E-state index in [4.69, 9.17) is 0 Å². The molecule has 1 aliphatic heterocycles. The SMILES string of the molecule is C.CC(=O)NC1CCC2(CC1)CNC2=O. The lowest BCUT2D eigenvalue weighted by atomic mass is 9.68. The van der Waals surface area contributed by atoms with Crippen LogP contribution in [0, 0.1) is 5.41 Å². The fourth-order valence-corrected chi connectivity index (χ4v) is 2.42. The Morgan fingerprint density at radius 3 is 2.40 bits per heavy atom. The largest absolute Gasteiger partial charge is 0.354 e. The number of nitrogens with one attached hydrogen (secondary N) is 2. The Morgan fingerprint density at radius 1 is 1.47 bits per heavy atom. The summed E-state index contributed by atoms with van der Waals surface area (Å²) in [7, 11) is 0. The van der Waals surface area contributed by atoms with Gasteiger partial charge in [0, 0.05) is 19.5 Å². The van der Waals surface area contributed by atoms with Crippen LogP contribution in [-0.4, -0.2) is 24.4 Å². The molecule has 1 aliphatic carbocycles. The number of hydrogen-bond donors (Lipinski definition) is 2. The number of carbonyl (C=O) groups excluding carboxylic acids is 2. The van der Waals surface area contributed by atoms with Gasteiger partial charge in [-0.25, -0.2) is 0 Å². The minimum Gasteiger partial charge on any atom is -0.354 e. The van der Waals surface area contributed by atoms with Crippen LogP contribution in [0.5, 0.6) is 0 Å². The highest BCUT2D eigenvalue weighted by Crippen LogP contribution is 2.40. The first-order valence-electron chi connectivity index (χ1n) is 5.18. The predicted molar refractivity (Wildman–Crippen MR) is 58.2 cm³/mol. The lowest BCUT2D eigenvalue weighted by Gasteiger charge is -2.45. The van der Waals surface area contributed by atoms with Gasteiger partial charge in [-0.1, -0.05) is 7.43 Å². The van der Waals surface area contributed by atoms with Crippen molar-refractivity contribution in [2.24, 2.45) is 5.41 Å². The number of β-lactam (4-membered cyclic amide) rings is 1. The lowest BCUT2D eigenvalue weighted by Crippen LogP contribution is -2.61. The molecule has 0 radical (unpaired) electrons. The average molecular weight is 212 g/mol. The van der Waals surface area contributed by atoms with Crippen molar-refractivity contribution >= 4 is 11.8 Å². The number of carbonyl (C=O) groups is 2. The molecule has 0 unspecified atom stereocenters. The Balaban J connectivity index is 0.00000112. The van der Waals surface area contributed by atoms with Crippen molar-refractivity contribution in [2.45, 2.75) is 46.1 Å². The number of rotatable bonds is 1. The zero-order valence-electron chi connectivity index (χ0n) is 8.43. The Bertz CT molecular complexity index is 268. The van der Waals surface area contributed by atoms with E-state index in [-0.39, 0.29) is 30.7 Å². The van der Waals surface area contributed by atoms with Crippen LogP contribution in [0.25, 0.3) is 0 Å². The summed E-state index contributed by atoms with van der Waals surface area (Å²) in [6.45, 7) is 2.37. The second kappa shape index (κ2) is 4.21. The molecule has 2 rings (SSSR count). The lowest BCUT2D eigenvalue weighted by molar-refractivity contribution is -0.142. The van der Waals surface area contributed by atoms with Crippen LogP contribution in [0.3, 0.4) is 0 Å². The second-order valence-electron chi connectivity index (χ2n) is 4.44. The van der Waals surface area contributed by atoms with Crippen molar-refractivity contribution in [1.29, 1.82) is 0 Å². The van der Waals surface area contributed by atoms with Crippen molar-refractivity contribution in [2.75, 3.05) is 6.54 Å². The van der Waals surface area contributed by atoms with E-state index in [2.05, 4.69) is 10.6 Å². The van der Waals surface area contributed by atoms with Gasteiger partial charge in [0.25, 0.3) is 0 Å². The molecule has 2 fully saturated rings. The molecule has 4 heteroatoms. The fraction of sp³-hybridized carbons (Fsp3) is 0.818. The Labute approximate surface area is 90.8 Å². The smallest absolute Gasteiger partial charge is 0.228 e. The maximum atomic E-state index is 11.3. The minimum absolute atomic E-state index is 0. The molecule has 0 bridgehead atoms. The molecule has 2 amide bonds. The molecule has 2 aliphatic rings. The second-order valence-corrected chi connectivity index (χ2v) is 4.44. The van der Waals surface area contributed by atoms with Gasteiger partial charge in [0.2, 0.25) is 11.8 Å². The minimum atomic E-state index is -0.0744. The van der Waals surface area contributed by atoms with E-state index in [1.54, 1.807) is 6.92 Å². The van der Waals surface area contributed by atoms with E-state index >= 15 is 0 Å². The van der Waals surface area contributed by atoms with Crippen molar-refractivity contribution < 1.29 is 9.59 Å². The third-order valence-electron chi connectivity index (χ3n) is 3.42. The Kier molecular flexibility index (Phi) is 3.37. The summed E-state index contributed by atoms with van der Waals surface area (Å²) in [5.41, 5.74) is -0.0744. The van der Waals surface area contributed by atoms with E-state index in [9.17, 15) is 9.59 Å². The van der Waals surface area contributed by atoms with Crippen molar-refractivity contribution in [3.05, 3.63) is 0 Å². The highest BCUT2D eigenvalue weighted by atomic mass is 16.2. The highest BCUT2D eigenvalue weighted by Gasteiger charge is 2.47. The highest BCUT2D eigenvalue weighted by molar-refractivity contribution is 5.88. The van der Waals surface area contributed by atoms with Crippen LogP contribution in [0.1, 0.15) is 40.0 Å². The summed E-state index contributed by atoms with van der Waals surface area (Å²) in [5.74, 6) is 0.239. The van der Waals surface area contributed by atoms with Gasteiger partial charge >= 0.3 is 0 Å². The van der Waals surface area contributed by atoms with Crippen molar-refractivity contribution in [3.8, 4) is 0 Å². The molecular formula is C11H20N2O2. The quantitative estimate of drug-likeness (QED) is 0.632. The van der Waals surface area contributed by atoms with Gasteiger partial charge in [0.15, 0.2) is 0 Å². The molecule has 0 aromatic carbocycles. The number of hydrogen-bond acceptors (Lipinski definition) is 2. The molecule has 1 spiro atoms. The molecule has 86 valence electrons. The first-order chi connectivity index (χ1) is 6.62. The van der Waals surface area contributed by atoms with Crippen LogP contribution in [-0.2, 0) is 9.59 Å². The standard InChI is InChI=1S/C10H16N2O2.CH4/c1-7(13)12-8-2-4-10(5-3-8)6-11-9(10)14;/h8H,2-6H2,1H3,(H,11,14)(H,12,13);1H4. The molecule has 2 N–H and O–H groups in total. The van der Waals surface area contributed by atoms with Gasteiger partial charge in [-0.3, -0.25) is 9.59 Å². The van der Waals surface area contributed by atoms with Gasteiger partial charge in [-0.05, 0) is 25.7 Å². The van der Waals surface area contributed by atoms with Gasteiger partial charge < -0.3 is 10.6 Å². The van der Waals surface area contributed by atoms with Crippen molar-refractivity contribution in [3.63, 3.8) is 0 Å². The molecule has 0 aromatic rings. The summed E-state index contributed by atoms with van der Waals surface area (Å²) in [6.07, 6.45) is 3.72. The first-order valence-corrected chi connectivity index (χ1v) is 5.18. The average Bonchev–Trinajstić information content (AvgIpc) is 2.16. The molecule has 0 aromatic heterocycles. The molecule has 1 saturated heterocycles. The molecule has 1 saturated carbocycles. The zero-order chi connectivity index (χ0) is 10.2. The summed E-state index contributed by atoms with van der Waals surface area (Å²) >= 11 is 0. The molecule has 0 atom stereocenters. The summed E-state index contributed by atoms with van der Waals surface area (Å²) < 4.78 is 0. The zero-order valence-corrected chi connectivity index (χ0v) is 8.43. The third kappa shape index (κ3) is 2.13. The molecular weight excluding hydrogens is 192 g/mol. The maximum Gasteiger partial charge on any atom is 0.228 e. The molecule has 1 heterocycles. The van der Waals surface area contributed by atoms with E-state index in [0.717, 1.165) is 32.2 Å². The molecule has 4 nitrogen and oxygen atoms in total. The van der Waals surface area contributed by atoms with Crippen LogP contribution < -0.4 is 10.6 Å².